The normalized spacial score (nSPS) is 23.7. The van der Waals surface area contributed by atoms with E-state index in [0.29, 0.717) is 13.2 Å². The van der Waals surface area contributed by atoms with Crippen LogP contribution >= 0.6 is 0 Å². The summed E-state index contributed by atoms with van der Waals surface area (Å²) >= 11 is 0. The van der Waals surface area contributed by atoms with E-state index in [1.165, 1.54) is 16.0 Å². The Morgan fingerprint density at radius 1 is 1.10 bits per heavy atom. The number of hydrogen-bond acceptors (Lipinski definition) is 4. The highest BCUT2D eigenvalue weighted by Gasteiger charge is 2.47. The number of nitrogens with zero attached hydrogens (tertiary/aromatic N) is 2. The molecule has 31 heavy (non-hydrogen) atoms. The molecule has 2 aliphatic rings. The lowest BCUT2D eigenvalue weighted by atomic mass is 9.72. The van der Waals surface area contributed by atoms with Crippen molar-refractivity contribution in [1.82, 2.24) is 9.80 Å². The largest absolute Gasteiger partial charge is 0.449 e. The lowest BCUT2D eigenvalue weighted by molar-refractivity contribution is 0.0285. The minimum Gasteiger partial charge on any atom is -0.449 e. The summed E-state index contributed by atoms with van der Waals surface area (Å²) in [7, 11) is 5.11. The minimum atomic E-state index is -0.534. The zero-order chi connectivity index (χ0) is 23.0. The first-order valence-corrected chi connectivity index (χ1v) is 10.7. The van der Waals surface area contributed by atoms with Crippen molar-refractivity contribution in [3.8, 4) is 0 Å². The van der Waals surface area contributed by atoms with Gasteiger partial charge in [-0.3, -0.25) is 0 Å². The highest BCUT2D eigenvalue weighted by atomic mass is 16.6. The number of hydrogen-bond donors (Lipinski definition) is 0. The number of benzene rings is 1. The predicted octanol–water partition coefficient (Wildman–Crippen LogP) is 4.85. The van der Waals surface area contributed by atoms with Gasteiger partial charge >= 0.3 is 12.2 Å². The SMILES string of the molecule is CN(C)C(=O)OCC1c2cc(CN(C)C(=O)OC(C)(C)C)ccc2C2(C)C=CC=CC12. The van der Waals surface area contributed by atoms with E-state index in [0.717, 1.165) is 5.56 Å². The molecule has 0 N–H and O–H groups in total. The smallest absolute Gasteiger partial charge is 0.410 e. The standard InChI is InChI=1S/C25H34N2O4/c1-24(2,3)31-23(29)27(7)15-17-11-12-21-18(14-17)19(16-30-22(28)26(5)6)20-10-8-9-13-25(20,21)4/h8-14,19-20H,15-16H2,1-7H3. The molecule has 1 aromatic carbocycles. The Bertz CT molecular complexity index is 913. The second-order valence-corrected chi connectivity index (χ2v) is 9.89. The molecule has 0 saturated carbocycles. The van der Waals surface area contributed by atoms with E-state index in [9.17, 15) is 9.59 Å². The summed E-state index contributed by atoms with van der Waals surface area (Å²) in [6, 6.07) is 6.37. The van der Waals surface area contributed by atoms with Crippen LogP contribution in [0.15, 0.2) is 42.5 Å². The van der Waals surface area contributed by atoms with E-state index in [2.05, 4.69) is 49.4 Å². The van der Waals surface area contributed by atoms with Gasteiger partial charge in [0.05, 0.1) is 0 Å². The minimum absolute atomic E-state index is 0.0527. The van der Waals surface area contributed by atoms with Crippen LogP contribution in [0.25, 0.3) is 0 Å². The Morgan fingerprint density at radius 3 is 2.45 bits per heavy atom. The van der Waals surface area contributed by atoms with Gasteiger partial charge in [0.1, 0.15) is 12.2 Å². The Kier molecular flexibility index (Phi) is 6.21. The molecule has 2 aliphatic carbocycles. The fraction of sp³-hybridized carbons (Fsp3) is 0.520. The molecule has 0 saturated heterocycles. The van der Waals surface area contributed by atoms with Crippen molar-refractivity contribution in [2.75, 3.05) is 27.7 Å². The first-order valence-electron chi connectivity index (χ1n) is 10.7. The van der Waals surface area contributed by atoms with E-state index in [4.69, 9.17) is 9.47 Å². The number of allylic oxidation sites excluding steroid dienone is 4. The maximum absolute atomic E-state index is 12.4. The summed E-state index contributed by atoms with van der Waals surface area (Å²) < 4.78 is 11.1. The van der Waals surface area contributed by atoms with Crippen molar-refractivity contribution in [3.05, 3.63) is 59.2 Å². The van der Waals surface area contributed by atoms with Crippen molar-refractivity contribution in [2.45, 2.75) is 51.2 Å². The van der Waals surface area contributed by atoms with Crippen LogP contribution in [0, 0.1) is 5.92 Å². The molecule has 0 fully saturated rings. The Balaban J connectivity index is 1.86. The number of ether oxygens (including phenoxy) is 2. The number of fused-ring (bicyclic) bond motifs is 3. The summed E-state index contributed by atoms with van der Waals surface area (Å²) in [5.41, 5.74) is 2.76. The van der Waals surface area contributed by atoms with Gasteiger partial charge in [-0.1, -0.05) is 49.4 Å². The average molecular weight is 427 g/mol. The van der Waals surface area contributed by atoms with Gasteiger partial charge < -0.3 is 19.3 Å². The van der Waals surface area contributed by atoms with Crippen LogP contribution in [-0.4, -0.2) is 55.3 Å². The van der Waals surface area contributed by atoms with E-state index in [1.807, 2.05) is 20.8 Å². The van der Waals surface area contributed by atoms with Crippen LogP contribution in [0.5, 0.6) is 0 Å². The Morgan fingerprint density at radius 2 is 1.81 bits per heavy atom. The van der Waals surface area contributed by atoms with Gasteiger partial charge in [-0.05, 0) is 37.5 Å². The maximum Gasteiger partial charge on any atom is 0.410 e. The molecule has 3 unspecified atom stereocenters. The van der Waals surface area contributed by atoms with Gasteiger partial charge in [-0.15, -0.1) is 0 Å². The van der Waals surface area contributed by atoms with Gasteiger partial charge in [0, 0.05) is 44.9 Å². The predicted molar refractivity (Wildman–Crippen MR) is 121 cm³/mol. The summed E-state index contributed by atoms with van der Waals surface area (Å²) in [6.45, 7) is 8.57. The quantitative estimate of drug-likeness (QED) is 0.691. The molecule has 3 atom stereocenters. The number of carbonyl (C=O) groups excluding carboxylic acids is 2. The summed E-state index contributed by atoms with van der Waals surface area (Å²) in [4.78, 5) is 27.5. The summed E-state index contributed by atoms with van der Waals surface area (Å²) in [6.07, 6.45) is 7.90. The fourth-order valence-electron chi connectivity index (χ4n) is 4.43. The van der Waals surface area contributed by atoms with Crippen LogP contribution in [-0.2, 0) is 21.4 Å². The lowest BCUT2D eigenvalue weighted by Gasteiger charge is -2.32. The molecular weight excluding hydrogens is 392 g/mol. The highest BCUT2D eigenvalue weighted by Crippen LogP contribution is 2.53. The maximum atomic E-state index is 12.4. The molecule has 3 rings (SSSR count). The van der Waals surface area contributed by atoms with Crippen LogP contribution in [0.2, 0.25) is 0 Å². The third-order valence-corrected chi connectivity index (χ3v) is 5.97. The van der Waals surface area contributed by atoms with Crippen LogP contribution in [0.1, 0.15) is 50.3 Å². The molecule has 0 spiro atoms. The number of rotatable bonds is 4. The Hall–Kier alpha value is -2.76. The molecule has 168 valence electrons. The van der Waals surface area contributed by atoms with Gasteiger partial charge in [0.2, 0.25) is 0 Å². The van der Waals surface area contributed by atoms with Gasteiger partial charge in [-0.25, -0.2) is 9.59 Å². The first kappa shape index (κ1) is 22.9. The summed E-state index contributed by atoms with van der Waals surface area (Å²) in [5, 5.41) is 0. The average Bonchev–Trinajstić information content (AvgIpc) is 2.92. The number of amides is 2. The lowest BCUT2D eigenvalue weighted by Crippen LogP contribution is -2.33. The molecule has 6 nitrogen and oxygen atoms in total. The molecule has 0 aromatic heterocycles. The molecule has 0 radical (unpaired) electrons. The zero-order valence-corrected chi connectivity index (χ0v) is 19.6. The van der Waals surface area contributed by atoms with Crippen molar-refractivity contribution in [3.63, 3.8) is 0 Å². The molecule has 0 heterocycles. The van der Waals surface area contributed by atoms with Crippen molar-refractivity contribution < 1.29 is 19.1 Å². The second-order valence-electron chi connectivity index (χ2n) is 9.89. The molecule has 6 heteroatoms. The summed E-state index contributed by atoms with van der Waals surface area (Å²) in [5.74, 6) is 0.262. The van der Waals surface area contributed by atoms with Crippen LogP contribution < -0.4 is 0 Å². The van der Waals surface area contributed by atoms with Gasteiger partial charge in [-0.2, -0.15) is 0 Å². The molecular formula is C25H34N2O4. The highest BCUT2D eigenvalue weighted by molar-refractivity contribution is 5.68. The van der Waals surface area contributed by atoms with E-state index in [-0.39, 0.29) is 29.4 Å². The molecule has 0 aliphatic heterocycles. The van der Waals surface area contributed by atoms with Gasteiger partial charge in [0.25, 0.3) is 0 Å². The van der Waals surface area contributed by atoms with Crippen molar-refractivity contribution in [1.29, 1.82) is 0 Å². The van der Waals surface area contributed by atoms with Crippen molar-refractivity contribution >= 4 is 12.2 Å². The third-order valence-electron chi connectivity index (χ3n) is 5.97. The Labute approximate surface area is 185 Å². The second kappa shape index (κ2) is 8.40. The fourth-order valence-corrected chi connectivity index (χ4v) is 4.43. The molecule has 2 amide bonds. The van der Waals surface area contributed by atoms with E-state index >= 15 is 0 Å². The van der Waals surface area contributed by atoms with Crippen LogP contribution in [0.4, 0.5) is 9.59 Å². The topological polar surface area (TPSA) is 59.1 Å². The van der Waals surface area contributed by atoms with Crippen LogP contribution in [0.3, 0.4) is 0 Å². The zero-order valence-electron chi connectivity index (χ0n) is 19.6. The number of carbonyl (C=O) groups is 2. The first-order chi connectivity index (χ1) is 14.4. The van der Waals surface area contributed by atoms with Crippen molar-refractivity contribution in [2.24, 2.45) is 5.92 Å². The van der Waals surface area contributed by atoms with E-state index < -0.39 is 5.60 Å². The monoisotopic (exact) mass is 426 g/mol. The molecule has 0 bridgehead atoms. The third kappa shape index (κ3) is 4.78. The van der Waals surface area contributed by atoms with E-state index in [1.54, 1.807) is 26.0 Å². The van der Waals surface area contributed by atoms with Gasteiger partial charge in [0.15, 0.2) is 0 Å². The molecule has 1 aromatic rings.